The number of carbonyl (C=O) groups excluding carboxylic acids is 1. The average Bonchev–Trinajstić information content (AvgIpc) is 2.85. The van der Waals surface area contributed by atoms with Crippen molar-refractivity contribution >= 4 is 27.8 Å². The molecular formula is C17H21N3O5S. The highest BCUT2D eigenvalue weighted by atomic mass is 32.2. The first-order chi connectivity index (χ1) is 12.2. The number of carboxylic acid groups (broad SMARTS) is 1. The van der Waals surface area contributed by atoms with Gasteiger partial charge in [-0.1, -0.05) is 34.9 Å². The zero-order valence-electron chi connectivity index (χ0n) is 14.7. The Labute approximate surface area is 153 Å². The Kier molecular flexibility index (Phi) is 6.27. The highest BCUT2D eigenvalue weighted by Crippen LogP contribution is 2.24. The average molecular weight is 379 g/mol. The lowest BCUT2D eigenvalue weighted by Gasteiger charge is -2.23. The van der Waals surface area contributed by atoms with Crippen molar-refractivity contribution in [2.45, 2.75) is 38.9 Å². The Hall–Kier alpha value is -2.52. The molecule has 0 aromatic heterocycles. The van der Waals surface area contributed by atoms with E-state index in [1.807, 2.05) is 6.07 Å². The first-order valence-corrected chi connectivity index (χ1v) is 9.05. The number of nitrogens with two attached hydrogens (primary N) is 1. The van der Waals surface area contributed by atoms with Crippen molar-refractivity contribution in [1.29, 1.82) is 0 Å². The molecule has 0 spiro atoms. The quantitative estimate of drug-likeness (QED) is 0.578. The summed E-state index contributed by atoms with van der Waals surface area (Å²) in [6.45, 7) is 5.27. The predicted octanol–water partition coefficient (Wildman–Crippen LogP) is 2.45. The summed E-state index contributed by atoms with van der Waals surface area (Å²) in [4.78, 5) is 32.7. The van der Waals surface area contributed by atoms with Crippen molar-refractivity contribution in [2.75, 3.05) is 0 Å². The molecule has 3 N–H and O–H groups in total. The Balaban J connectivity index is 2.22. The molecule has 0 bridgehead atoms. The van der Waals surface area contributed by atoms with Crippen molar-refractivity contribution in [2.24, 2.45) is 15.3 Å². The maximum Gasteiger partial charge on any atom is 0.343 e. The van der Waals surface area contributed by atoms with E-state index in [9.17, 15) is 9.59 Å². The third-order valence-corrected chi connectivity index (χ3v) is 4.26. The van der Waals surface area contributed by atoms with E-state index in [0.717, 1.165) is 0 Å². The van der Waals surface area contributed by atoms with Gasteiger partial charge in [-0.05, 0) is 26.3 Å². The van der Waals surface area contributed by atoms with Crippen molar-refractivity contribution in [3.8, 4) is 0 Å². The zero-order chi connectivity index (χ0) is 19.3. The van der Waals surface area contributed by atoms with Crippen LogP contribution >= 0.6 is 0 Å². The SMILES string of the molecule is CC(C)(C)OC(=O)C(O/N=S1/C=C(CC(=O)O)N=C1N)c1ccccc1. The minimum atomic E-state index is -1.06. The lowest BCUT2D eigenvalue weighted by Crippen LogP contribution is -2.28. The molecular weight excluding hydrogens is 358 g/mol. The van der Waals surface area contributed by atoms with Crippen LogP contribution in [0, 0.1) is 0 Å². The molecule has 0 amide bonds. The van der Waals surface area contributed by atoms with E-state index in [-0.39, 0.29) is 11.6 Å². The van der Waals surface area contributed by atoms with E-state index in [4.69, 9.17) is 20.4 Å². The Morgan fingerprint density at radius 2 is 1.96 bits per heavy atom. The smallest absolute Gasteiger partial charge is 0.343 e. The van der Waals surface area contributed by atoms with Gasteiger partial charge in [0.25, 0.3) is 0 Å². The number of hydrogen-bond acceptors (Lipinski definition) is 7. The molecule has 1 aliphatic heterocycles. The van der Waals surface area contributed by atoms with E-state index in [1.165, 1.54) is 5.41 Å². The van der Waals surface area contributed by atoms with Crippen LogP contribution < -0.4 is 5.73 Å². The van der Waals surface area contributed by atoms with Gasteiger partial charge in [0.2, 0.25) is 6.10 Å². The highest BCUT2D eigenvalue weighted by molar-refractivity contribution is 8.05. The molecule has 1 aliphatic rings. The summed E-state index contributed by atoms with van der Waals surface area (Å²) in [5, 5.41) is 10.5. The standard InChI is InChI=1S/C17H21N3O5S/c1-17(2,3)24-15(23)14(11-7-5-4-6-8-11)25-20-26-10-12(9-13(21)22)19-16(26)18/h4-8,10,14H,9H2,1-3H3,(H2,18,19)(H,21,22). The number of aliphatic carboxylic acids is 1. The first kappa shape index (κ1) is 19.8. The van der Waals surface area contributed by atoms with Gasteiger partial charge in [0, 0.05) is 16.1 Å². The summed E-state index contributed by atoms with van der Waals surface area (Å²) in [7, 11) is -1.06. The molecule has 2 atom stereocenters. The Morgan fingerprint density at radius 1 is 1.31 bits per heavy atom. The molecule has 0 fully saturated rings. The molecule has 0 aliphatic carbocycles. The van der Waals surface area contributed by atoms with Crippen LogP contribution in [0.2, 0.25) is 0 Å². The van der Waals surface area contributed by atoms with Gasteiger partial charge < -0.3 is 15.6 Å². The maximum absolute atomic E-state index is 12.5. The van der Waals surface area contributed by atoms with Gasteiger partial charge in [-0.2, -0.15) is 0 Å². The van der Waals surface area contributed by atoms with Gasteiger partial charge in [0.15, 0.2) is 5.17 Å². The topological polar surface area (TPSA) is 124 Å². The number of aliphatic imine (C=N–C) groups is 1. The van der Waals surface area contributed by atoms with Crippen molar-refractivity contribution in [3.05, 3.63) is 47.0 Å². The summed E-state index contributed by atoms with van der Waals surface area (Å²) < 4.78 is 9.39. The fourth-order valence-electron chi connectivity index (χ4n) is 2.01. The molecule has 2 rings (SSSR count). The van der Waals surface area contributed by atoms with Crippen LogP contribution in [0.4, 0.5) is 0 Å². The van der Waals surface area contributed by atoms with Crippen LogP contribution in [0.15, 0.2) is 51.0 Å². The number of ether oxygens (including phenoxy) is 1. The molecule has 8 nitrogen and oxygen atoms in total. The number of rotatable bonds is 6. The molecule has 2 unspecified atom stereocenters. The van der Waals surface area contributed by atoms with Crippen LogP contribution in [0.5, 0.6) is 0 Å². The number of hydrogen-bond donors (Lipinski definition) is 2. The summed E-state index contributed by atoms with van der Waals surface area (Å²) in [6.07, 6.45) is -1.32. The lowest BCUT2D eigenvalue weighted by atomic mass is 10.1. The van der Waals surface area contributed by atoms with Gasteiger partial charge in [-0.25, -0.2) is 14.6 Å². The summed E-state index contributed by atoms with van der Waals surface area (Å²) in [5.41, 5.74) is 5.98. The van der Waals surface area contributed by atoms with Crippen LogP contribution in [-0.4, -0.2) is 27.8 Å². The molecule has 9 heteroatoms. The van der Waals surface area contributed by atoms with Crippen LogP contribution in [0.25, 0.3) is 0 Å². The third kappa shape index (κ3) is 5.78. The normalized spacial score (nSPS) is 18.2. The highest BCUT2D eigenvalue weighted by Gasteiger charge is 2.28. The summed E-state index contributed by atoms with van der Waals surface area (Å²) >= 11 is 0. The third-order valence-electron chi connectivity index (χ3n) is 3.00. The number of nitrogens with zero attached hydrogens (tertiary/aromatic N) is 2. The molecule has 140 valence electrons. The van der Waals surface area contributed by atoms with E-state index in [1.54, 1.807) is 45.0 Å². The van der Waals surface area contributed by atoms with Gasteiger partial charge in [0.05, 0.1) is 12.1 Å². The number of carboxylic acids is 1. The van der Waals surface area contributed by atoms with Crippen molar-refractivity contribution < 1.29 is 24.3 Å². The fourth-order valence-corrected chi connectivity index (χ4v) is 3.04. The van der Waals surface area contributed by atoms with Crippen LogP contribution in [0.1, 0.15) is 38.9 Å². The summed E-state index contributed by atoms with van der Waals surface area (Å²) in [6, 6.07) is 8.82. The Bertz CT molecular complexity index is 781. The second-order valence-electron chi connectivity index (χ2n) is 6.45. The zero-order valence-corrected chi connectivity index (χ0v) is 15.5. The second-order valence-corrected chi connectivity index (χ2v) is 7.88. The van der Waals surface area contributed by atoms with E-state index >= 15 is 0 Å². The van der Waals surface area contributed by atoms with E-state index in [0.29, 0.717) is 11.3 Å². The van der Waals surface area contributed by atoms with E-state index in [2.05, 4.69) is 9.52 Å². The molecule has 1 aromatic carbocycles. The van der Waals surface area contributed by atoms with Gasteiger partial charge in [-0.3, -0.25) is 4.79 Å². The first-order valence-electron chi connectivity index (χ1n) is 7.80. The minimum absolute atomic E-state index is 0.136. The van der Waals surface area contributed by atoms with E-state index < -0.39 is 34.3 Å². The largest absolute Gasteiger partial charge is 0.481 e. The van der Waals surface area contributed by atoms with Gasteiger partial charge in [0.1, 0.15) is 5.60 Å². The van der Waals surface area contributed by atoms with Gasteiger partial charge >= 0.3 is 11.9 Å². The fraction of sp³-hybridized carbons (Fsp3) is 0.353. The monoisotopic (exact) mass is 379 g/mol. The molecule has 0 radical (unpaired) electrons. The maximum atomic E-state index is 12.5. The number of esters is 1. The molecule has 0 saturated carbocycles. The van der Waals surface area contributed by atoms with Crippen LogP contribution in [0.3, 0.4) is 0 Å². The lowest BCUT2D eigenvalue weighted by molar-refractivity contribution is -0.169. The van der Waals surface area contributed by atoms with Crippen LogP contribution in [-0.2, 0) is 29.9 Å². The van der Waals surface area contributed by atoms with Crippen molar-refractivity contribution in [3.63, 3.8) is 0 Å². The minimum Gasteiger partial charge on any atom is -0.481 e. The summed E-state index contributed by atoms with van der Waals surface area (Å²) in [5.74, 6) is -1.60. The second kappa shape index (κ2) is 8.24. The van der Waals surface area contributed by atoms with Crippen molar-refractivity contribution in [1.82, 2.24) is 0 Å². The molecule has 1 aromatic rings. The number of carbonyl (C=O) groups is 2. The molecule has 0 saturated heterocycles. The Morgan fingerprint density at radius 3 is 2.54 bits per heavy atom. The number of benzene rings is 1. The number of amidine groups is 1. The van der Waals surface area contributed by atoms with Gasteiger partial charge in [-0.15, -0.1) is 0 Å². The molecule has 1 heterocycles. The molecule has 26 heavy (non-hydrogen) atoms. The predicted molar refractivity (Wildman–Crippen MR) is 97.9 cm³/mol.